The van der Waals surface area contributed by atoms with Gasteiger partial charge in [-0.3, -0.25) is 4.79 Å². The van der Waals surface area contributed by atoms with Crippen LogP contribution in [0.2, 0.25) is 0 Å². The molecule has 1 atom stereocenters. The van der Waals surface area contributed by atoms with Crippen LogP contribution in [0, 0.1) is 5.92 Å². The van der Waals surface area contributed by atoms with Crippen molar-refractivity contribution < 1.29 is 9.59 Å². The van der Waals surface area contributed by atoms with Gasteiger partial charge in [0.2, 0.25) is 0 Å². The van der Waals surface area contributed by atoms with Gasteiger partial charge in [-0.05, 0) is 55.3 Å². The van der Waals surface area contributed by atoms with Gasteiger partial charge in [-0.25, -0.2) is 4.79 Å². The lowest BCUT2D eigenvalue weighted by atomic mass is 10.1. The number of amides is 3. The Bertz CT molecular complexity index is 737. The number of para-hydroxylation sites is 1. The number of benzene rings is 2. The Morgan fingerprint density at radius 1 is 1.00 bits per heavy atom. The molecule has 0 aromatic heterocycles. The summed E-state index contributed by atoms with van der Waals surface area (Å²) in [4.78, 5) is 26.3. The molecule has 0 saturated carbocycles. The van der Waals surface area contributed by atoms with Gasteiger partial charge in [-0.2, -0.15) is 0 Å². The molecule has 0 radical (unpaired) electrons. The lowest BCUT2D eigenvalue weighted by Crippen LogP contribution is -2.29. The number of hydrogen-bond donors (Lipinski definition) is 3. The van der Waals surface area contributed by atoms with Gasteiger partial charge in [-0.15, -0.1) is 12.4 Å². The van der Waals surface area contributed by atoms with Crippen molar-refractivity contribution in [1.82, 2.24) is 4.90 Å². The number of nitrogens with two attached hydrogens (primary N) is 1. The predicted molar refractivity (Wildman–Crippen MR) is 106 cm³/mol. The van der Waals surface area contributed by atoms with Crippen LogP contribution in [0.3, 0.4) is 0 Å². The summed E-state index contributed by atoms with van der Waals surface area (Å²) >= 11 is 0. The second-order valence-corrected chi connectivity index (χ2v) is 6.16. The summed E-state index contributed by atoms with van der Waals surface area (Å²) in [6.07, 6.45) is 0.960. The molecule has 1 heterocycles. The van der Waals surface area contributed by atoms with Crippen LogP contribution in [0.5, 0.6) is 0 Å². The van der Waals surface area contributed by atoms with Crippen molar-refractivity contribution in [3.05, 3.63) is 60.2 Å². The summed E-state index contributed by atoms with van der Waals surface area (Å²) < 4.78 is 0. The molecular weight excluding hydrogens is 352 g/mol. The van der Waals surface area contributed by atoms with E-state index in [9.17, 15) is 9.59 Å². The second-order valence-electron chi connectivity index (χ2n) is 6.16. The molecule has 0 aliphatic carbocycles. The zero-order valence-electron chi connectivity index (χ0n) is 14.4. The van der Waals surface area contributed by atoms with Crippen LogP contribution in [0.25, 0.3) is 0 Å². The maximum absolute atomic E-state index is 12.5. The molecule has 0 spiro atoms. The molecule has 6 nitrogen and oxygen atoms in total. The lowest BCUT2D eigenvalue weighted by molar-refractivity contribution is 0.0787. The highest BCUT2D eigenvalue weighted by molar-refractivity contribution is 6.00. The van der Waals surface area contributed by atoms with Crippen molar-refractivity contribution >= 4 is 35.7 Å². The van der Waals surface area contributed by atoms with E-state index in [0.29, 0.717) is 23.7 Å². The van der Waals surface area contributed by atoms with Crippen LogP contribution < -0.4 is 16.4 Å². The Morgan fingerprint density at radius 2 is 1.62 bits per heavy atom. The van der Waals surface area contributed by atoms with Gasteiger partial charge >= 0.3 is 6.03 Å². The summed E-state index contributed by atoms with van der Waals surface area (Å²) in [7, 11) is 0. The molecule has 3 rings (SSSR count). The normalized spacial score (nSPS) is 15.9. The SMILES string of the molecule is Cl.NCC1CCN(C(=O)c2ccc(NC(=O)Nc3ccccc3)cc2)C1. The van der Waals surface area contributed by atoms with Gasteiger partial charge in [0.1, 0.15) is 0 Å². The van der Waals surface area contributed by atoms with Crippen LogP contribution in [-0.4, -0.2) is 36.5 Å². The third-order valence-electron chi connectivity index (χ3n) is 4.33. The summed E-state index contributed by atoms with van der Waals surface area (Å²) in [5.41, 5.74) is 7.64. The van der Waals surface area contributed by atoms with Gasteiger partial charge in [0, 0.05) is 30.0 Å². The Morgan fingerprint density at radius 3 is 2.19 bits per heavy atom. The Labute approximate surface area is 159 Å². The predicted octanol–water partition coefficient (Wildman–Crippen LogP) is 3.17. The molecule has 1 fully saturated rings. The van der Waals surface area contributed by atoms with E-state index in [4.69, 9.17) is 5.73 Å². The maximum Gasteiger partial charge on any atom is 0.323 e. The van der Waals surface area contributed by atoms with Crippen LogP contribution in [0.4, 0.5) is 16.2 Å². The van der Waals surface area contributed by atoms with Crippen LogP contribution in [0.15, 0.2) is 54.6 Å². The van der Waals surface area contributed by atoms with Gasteiger partial charge < -0.3 is 21.3 Å². The van der Waals surface area contributed by atoms with Crippen molar-refractivity contribution in [2.24, 2.45) is 11.7 Å². The highest BCUT2D eigenvalue weighted by Crippen LogP contribution is 2.19. The number of carbonyl (C=O) groups excluding carboxylic acids is 2. The molecule has 4 N–H and O–H groups in total. The van der Waals surface area contributed by atoms with Crippen LogP contribution in [0.1, 0.15) is 16.8 Å². The van der Waals surface area contributed by atoms with Crippen molar-refractivity contribution in [2.45, 2.75) is 6.42 Å². The first-order valence-electron chi connectivity index (χ1n) is 8.38. The minimum atomic E-state index is -0.324. The van der Waals surface area contributed by atoms with E-state index in [0.717, 1.165) is 25.2 Å². The fourth-order valence-electron chi connectivity index (χ4n) is 2.90. The largest absolute Gasteiger partial charge is 0.338 e. The van der Waals surface area contributed by atoms with E-state index in [2.05, 4.69) is 10.6 Å². The Balaban J connectivity index is 0.00000243. The lowest BCUT2D eigenvalue weighted by Gasteiger charge is -2.16. The molecule has 2 aromatic carbocycles. The van der Waals surface area contributed by atoms with E-state index < -0.39 is 0 Å². The number of rotatable bonds is 4. The van der Waals surface area contributed by atoms with Gasteiger partial charge in [-0.1, -0.05) is 18.2 Å². The summed E-state index contributed by atoms with van der Waals surface area (Å²) in [6.45, 7) is 2.08. The number of urea groups is 1. The van der Waals surface area contributed by atoms with E-state index in [1.54, 1.807) is 24.3 Å². The van der Waals surface area contributed by atoms with Gasteiger partial charge in [0.15, 0.2) is 0 Å². The van der Waals surface area contributed by atoms with E-state index in [-0.39, 0.29) is 24.3 Å². The number of anilines is 2. The van der Waals surface area contributed by atoms with Crippen molar-refractivity contribution in [3.8, 4) is 0 Å². The molecule has 7 heteroatoms. The number of nitrogens with zero attached hydrogens (tertiary/aromatic N) is 1. The number of hydrogen-bond acceptors (Lipinski definition) is 3. The summed E-state index contributed by atoms with van der Waals surface area (Å²) in [5.74, 6) is 0.405. The van der Waals surface area contributed by atoms with E-state index in [1.165, 1.54) is 0 Å². The first kappa shape index (κ1) is 19.8. The van der Waals surface area contributed by atoms with Crippen LogP contribution in [-0.2, 0) is 0 Å². The number of halogens is 1. The fourth-order valence-corrected chi connectivity index (χ4v) is 2.90. The molecular formula is C19H23ClN4O2. The quantitative estimate of drug-likeness (QED) is 0.768. The van der Waals surface area contributed by atoms with Crippen molar-refractivity contribution in [1.29, 1.82) is 0 Å². The first-order chi connectivity index (χ1) is 12.2. The first-order valence-corrected chi connectivity index (χ1v) is 8.38. The molecule has 26 heavy (non-hydrogen) atoms. The molecule has 138 valence electrons. The standard InChI is InChI=1S/C19H22N4O2.ClH/c20-12-14-10-11-23(13-14)18(24)15-6-8-17(9-7-15)22-19(25)21-16-4-2-1-3-5-16;/h1-9,14H,10-13,20H2,(H2,21,22,25);1H. The van der Waals surface area contributed by atoms with Crippen LogP contribution >= 0.6 is 12.4 Å². The van der Waals surface area contributed by atoms with Crippen molar-refractivity contribution in [2.75, 3.05) is 30.3 Å². The smallest absolute Gasteiger partial charge is 0.323 e. The number of likely N-dealkylation sites (tertiary alicyclic amines) is 1. The van der Waals surface area contributed by atoms with Crippen molar-refractivity contribution in [3.63, 3.8) is 0 Å². The monoisotopic (exact) mass is 374 g/mol. The highest BCUT2D eigenvalue weighted by Gasteiger charge is 2.25. The maximum atomic E-state index is 12.5. The Kier molecular flexibility index (Phi) is 7.00. The van der Waals surface area contributed by atoms with E-state index >= 15 is 0 Å². The fraction of sp³-hybridized carbons (Fsp3) is 0.263. The Hall–Kier alpha value is -2.57. The topological polar surface area (TPSA) is 87.5 Å². The molecule has 1 unspecified atom stereocenters. The molecule has 1 aliphatic rings. The number of nitrogens with one attached hydrogen (secondary N) is 2. The summed E-state index contributed by atoms with van der Waals surface area (Å²) in [5, 5.41) is 5.50. The third-order valence-corrected chi connectivity index (χ3v) is 4.33. The number of carbonyl (C=O) groups is 2. The summed E-state index contributed by atoms with van der Waals surface area (Å²) in [6, 6.07) is 15.8. The zero-order chi connectivity index (χ0) is 17.6. The average Bonchev–Trinajstić information content (AvgIpc) is 3.12. The molecule has 1 saturated heterocycles. The molecule has 0 bridgehead atoms. The minimum absolute atomic E-state index is 0. The highest BCUT2D eigenvalue weighted by atomic mass is 35.5. The average molecular weight is 375 g/mol. The molecule has 3 amide bonds. The van der Waals surface area contributed by atoms with E-state index in [1.807, 2.05) is 35.2 Å². The molecule has 2 aromatic rings. The van der Waals surface area contributed by atoms with Gasteiger partial charge in [0.05, 0.1) is 0 Å². The zero-order valence-corrected chi connectivity index (χ0v) is 15.2. The molecule has 1 aliphatic heterocycles. The third kappa shape index (κ3) is 4.97. The second kappa shape index (κ2) is 9.22. The minimum Gasteiger partial charge on any atom is -0.338 e. The van der Waals surface area contributed by atoms with Gasteiger partial charge in [0.25, 0.3) is 5.91 Å².